The molecule has 2 fully saturated rings. The molecule has 4 rings (SSSR count). The van der Waals surface area contributed by atoms with Crippen molar-refractivity contribution in [3.8, 4) is 0 Å². The Morgan fingerprint density at radius 3 is 2.68 bits per heavy atom. The van der Waals surface area contributed by atoms with Gasteiger partial charge in [-0.1, -0.05) is 24.6 Å². The van der Waals surface area contributed by atoms with E-state index in [4.69, 9.17) is 0 Å². The molecule has 0 bridgehead atoms. The highest BCUT2D eigenvalue weighted by molar-refractivity contribution is 5.83. The maximum atomic E-state index is 3.45. The summed E-state index contributed by atoms with van der Waals surface area (Å²) in [7, 11) is 0. The van der Waals surface area contributed by atoms with Gasteiger partial charge in [0.15, 0.2) is 0 Å². The molecular weight excluding hydrogens is 270 g/mol. The molecule has 1 aromatic carbocycles. The topological polar surface area (TPSA) is 22.3 Å². The number of aromatic amines is 1. The van der Waals surface area contributed by atoms with Crippen molar-refractivity contribution >= 4 is 10.9 Å². The Labute approximate surface area is 133 Å². The number of piperidine rings is 2. The molecule has 0 aliphatic carbocycles. The molecule has 2 aliphatic rings. The number of H-pyrrole nitrogens is 1. The van der Waals surface area contributed by atoms with Crippen molar-refractivity contribution < 1.29 is 0 Å². The Morgan fingerprint density at radius 2 is 1.77 bits per heavy atom. The lowest BCUT2D eigenvalue weighted by atomic mass is 9.90. The average Bonchev–Trinajstić information content (AvgIpc) is 3.00. The summed E-state index contributed by atoms with van der Waals surface area (Å²) in [5.74, 6) is 0.690. The molecule has 3 heterocycles. The van der Waals surface area contributed by atoms with Crippen LogP contribution in [0.25, 0.3) is 10.9 Å². The van der Waals surface area contributed by atoms with E-state index in [1.807, 2.05) is 0 Å². The van der Waals surface area contributed by atoms with Crippen LogP contribution in [0.5, 0.6) is 0 Å². The molecule has 2 aromatic rings. The fraction of sp³-hybridized carbons (Fsp3) is 0.579. The quantitative estimate of drug-likeness (QED) is 0.931. The number of nitrogens with one attached hydrogen (secondary N) is 1. The average molecular weight is 297 g/mol. The van der Waals surface area contributed by atoms with Crippen LogP contribution < -0.4 is 0 Å². The zero-order valence-corrected chi connectivity index (χ0v) is 13.4. The van der Waals surface area contributed by atoms with E-state index in [2.05, 4.69) is 45.2 Å². The summed E-state index contributed by atoms with van der Waals surface area (Å²) < 4.78 is 0. The van der Waals surface area contributed by atoms with Gasteiger partial charge in [-0.05, 0) is 62.9 Å². The first-order valence-electron chi connectivity index (χ1n) is 8.91. The van der Waals surface area contributed by atoms with Crippen LogP contribution in [-0.4, -0.2) is 47.6 Å². The van der Waals surface area contributed by atoms with E-state index in [1.54, 1.807) is 0 Å². The molecule has 3 heteroatoms. The molecule has 0 amide bonds. The van der Waals surface area contributed by atoms with Crippen LogP contribution in [0.1, 0.15) is 43.6 Å². The molecule has 1 unspecified atom stereocenters. The Morgan fingerprint density at radius 1 is 0.955 bits per heavy atom. The lowest BCUT2D eigenvalue weighted by Gasteiger charge is -2.37. The molecule has 118 valence electrons. The van der Waals surface area contributed by atoms with E-state index in [1.165, 1.54) is 81.4 Å². The first kappa shape index (κ1) is 14.3. The minimum Gasteiger partial charge on any atom is -0.361 e. The Balaban J connectivity index is 1.46. The summed E-state index contributed by atoms with van der Waals surface area (Å²) in [6.45, 7) is 6.27. The van der Waals surface area contributed by atoms with Gasteiger partial charge in [-0.3, -0.25) is 9.80 Å². The number of hydrogen-bond acceptors (Lipinski definition) is 2. The lowest BCUT2D eigenvalue weighted by molar-refractivity contribution is 0.0906. The number of likely N-dealkylation sites (tertiary alicyclic amines) is 2. The standard InChI is InChI=1S/C19H27N3/c1-4-10-21(11-5-1)15-22-12-6-7-16(14-22)18-13-20-19-9-3-2-8-17(18)19/h2-3,8-9,13,16,20H,1,4-7,10-12,14-15H2. The first-order valence-corrected chi connectivity index (χ1v) is 8.91. The summed E-state index contributed by atoms with van der Waals surface area (Å²) in [5.41, 5.74) is 2.81. The summed E-state index contributed by atoms with van der Waals surface area (Å²) in [6.07, 6.45) is 9.12. The van der Waals surface area contributed by atoms with E-state index >= 15 is 0 Å². The van der Waals surface area contributed by atoms with Gasteiger partial charge in [0.1, 0.15) is 0 Å². The maximum Gasteiger partial charge on any atom is 0.0506 e. The maximum absolute atomic E-state index is 3.45. The molecule has 2 aliphatic heterocycles. The van der Waals surface area contributed by atoms with Gasteiger partial charge in [0.25, 0.3) is 0 Å². The molecule has 22 heavy (non-hydrogen) atoms. The van der Waals surface area contributed by atoms with Crippen LogP contribution in [0.2, 0.25) is 0 Å². The molecule has 1 N–H and O–H groups in total. The second-order valence-electron chi connectivity index (χ2n) is 7.03. The summed E-state index contributed by atoms with van der Waals surface area (Å²) in [5, 5.41) is 1.42. The first-order chi connectivity index (χ1) is 10.9. The molecule has 1 aromatic heterocycles. The highest BCUT2D eigenvalue weighted by Gasteiger charge is 2.24. The summed E-state index contributed by atoms with van der Waals surface area (Å²) in [4.78, 5) is 8.79. The third-order valence-corrected chi connectivity index (χ3v) is 5.42. The number of hydrogen-bond donors (Lipinski definition) is 1. The third kappa shape index (κ3) is 2.92. The van der Waals surface area contributed by atoms with E-state index < -0.39 is 0 Å². The van der Waals surface area contributed by atoms with Crippen LogP contribution in [0, 0.1) is 0 Å². The lowest BCUT2D eigenvalue weighted by Crippen LogP contribution is -2.44. The van der Waals surface area contributed by atoms with Gasteiger partial charge in [-0.15, -0.1) is 0 Å². The molecule has 1 atom stereocenters. The Bertz CT molecular complexity index is 612. The van der Waals surface area contributed by atoms with Crippen LogP contribution in [-0.2, 0) is 0 Å². The van der Waals surface area contributed by atoms with Crippen LogP contribution in [0.3, 0.4) is 0 Å². The van der Waals surface area contributed by atoms with Crippen molar-refractivity contribution in [2.45, 2.75) is 38.0 Å². The molecule has 2 saturated heterocycles. The predicted molar refractivity (Wildman–Crippen MR) is 92.1 cm³/mol. The van der Waals surface area contributed by atoms with Gasteiger partial charge in [0.05, 0.1) is 6.67 Å². The predicted octanol–water partition coefficient (Wildman–Crippen LogP) is 3.79. The van der Waals surface area contributed by atoms with Crippen LogP contribution in [0.15, 0.2) is 30.5 Å². The van der Waals surface area contributed by atoms with Crippen molar-refractivity contribution in [3.05, 3.63) is 36.0 Å². The van der Waals surface area contributed by atoms with Crippen LogP contribution in [0.4, 0.5) is 0 Å². The Kier molecular flexibility index (Phi) is 4.17. The normalized spacial score (nSPS) is 24.8. The van der Waals surface area contributed by atoms with Crippen molar-refractivity contribution in [2.24, 2.45) is 0 Å². The van der Waals surface area contributed by atoms with Crippen molar-refractivity contribution in [3.63, 3.8) is 0 Å². The monoisotopic (exact) mass is 297 g/mol. The highest BCUT2D eigenvalue weighted by atomic mass is 15.3. The zero-order valence-electron chi connectivity index (χ0n) is 13.4. The van der Waals surface area contributed by atoms with Gasteiger partial charge in [0, 0.05) is 23.6 Å². The SMILES string of the molecule is c1ccc2c(C3CCCN(CN4CCCCC4)C3)c[nH]c2c1. The third-order valence-electron chi connectivity index (χ3n) is 5.42. The van der Waals surface area contributed by atoms with E-state index in [-0.39, 0.29) is 0 Å². The molecule has 0 radical (unpaired) electrons. The van der Waals surface area contributed by atoms with E-state index in [0.29, 0.717) is 5.92 Å². The largest absolute Gasteiger partial charge is 0.361 e. The van der Waals surface area contributed by atoms with Crippen molar-refractivity contribution in [1.29, 1.82) is 0 Å². The summed E-state index contributed by atoms with van der Waals surface area (Å²) in [6, 6.07) is 8.73. The highest BCUT2D eigenvalue weighted by Crippen LogP contribution is 2.32. The number of para-hydroxylation sites is 1. The molecule has 3 nitrogen and oxygen atoms in total. The second kappa shape index (κ2) is 6.43. The van der Waals surface area contributed by atoms with Crippen LogP contribution >= 0.6 is 0 Å². The van der Waals surface area contributed by atoms with Gasteiger partial charge in [-0.2, -0.15) is 0 Å². The van der Waals surface area contributed by atoms with Crippen molar-refractivity contribution in [2.75, 3.05) is 32.8 Å². The molecular formula is C19H27N3. The minimum absolute atomic E-state index is 0.690. The van der Waals surface area contributed by atoms with Crippen molar-refractivity contribution in [1.82, 2.24) is 14.8 Å². The van der Waals surface area contributed by atoms with E-state index in [0.717, 1.165) is 0 Å². The van der Waals surface area contributed by atoms with Gasteiger partial charge in [0.2, 0.25) is 0 Å². The van der Waals surface area contributed by atoms with E-state index in [9.17, 15) is 0 Å². The minimum atomic E-state index is 0.690. The number of aromatic nitrogens is 1. The number of fused-ring (bicyclic) bond motifs is 1. The second-order valence-corrected chi connectivity index (χ2v) is 7.03. The number of rotatable bonds is 3. The van der Waals surface area contributed by atoms with Gasteiger partial charge < -0.3 is 4.98 Å². The Hall–Kier alpha value is -1.32. The van der Waals surface area contributed by atoms with Gasteiger partial charge >= 0.3 is 0 Å². The molecule has 0 spiro atoms. The fourth-order valence-corrected chi connectivity index (χ4v) is 4.25. The van der Waals surface area contributed by atoms with Gasteiger partial charge in [-0.25, -0.2) is 0 Å². The smallest absolute Gasteiger partial charge is 0.0506 e. The fourth-order valence-electron chi connectivity index (χ4n) is 4.25. The zero-order chi connectivity index (χ0) is 14.8. The number of benzene rings is 1. The molecule has 0 saturated carbocycles. The number of nitrogens with zero attached hydrogens (tertiary/aromatic N) is 2. The summed E-state index contributed by atoms with van der Waals surface area (Å²) >= 11 is 0.